The van der Waals surface area contributed by atoms with Gasteiger partial charge in [-0.2, -0.15) is 0 Å². The van der Waals surface area contributed by atoms with Crippen molar-refractivity contribution in [1.82, 2.24) is 4.90 Å². The van der Waals surface area contributed by atoms with Crippen LogP contribution in [-0.4, -0.2) is 35.1 Å². The van der Waals surface area contributed by atoms with Crippen molar-refractivity contribution in [2.24, 2.45) is 5.92 Å². The SMILES string of the molecule is Cc1ccc(CN2CCCC2)cc1NC(=O)CC(O)C(C)C. The van der Waals surface area contributed by atoms with Crippen molar-refractivity contribution >= 4 is 11.6 Å². The number of aliphatic hydroxyl groups excluding tert-OH is 1. The number of hydrogen-bond donors (Lipinski definition) is 2. The van der Waals surface area contributed by atoms with E-state index in [4.69, 9.17) is 0 Å². The Morgan fingerprint density at radius 2 is 2.00 bits per heavy atom. The van der Waals surface area contributed by atoms with E-state index in [2.05, 4.69) is 28.4 Å². The maximum absolute atomic E-state index is 12.1. The van der Waals surface area contributed by atoms with Crippen molar-refractivity contribution in [1.29, 1.82) is 0 Å². The summed E-state index contributed by atoms with van der Waals surface area (Å²) in [5.41, 5.74) is 3.14. The predicted octanol–water partition coefficient (Wildman–Crippen LogP) is 2.94. The summed E-state index contributed by atoms with van der Waals surface area (Å²) in [5.74, 6) is -0.0315. The van der Waals surface area contributed by atoms with Crippen molar-refractivity contribution in [3.05, 3.63) is 29.3 Å². The molecule has 122 valence electrons. The van der Waals surface area contributed by atoms with Gasteiger partial charge in [-0.15, -0.1) is 0 Å². The molecule has 1 saturated heterocycles. The lowest BCUT2D eigenvalue weighted by molar-refractivity contribution is -0.118. The molecule has 0 radical (unpaired) electrons. The number of carbonyl (C=O) groups excluding carboxylic acids is 1. The fourth-order valence-corrected chi connectivity index (χ4v) is 2.73. The smallest absolute Gasteiger partial charge is 0.226 e. The maximum Gasteiger partial charge on any atom is 0.226 e. The molecule has 1 aliphatic rings. The summed E-state index contributed by atoms with van der Waals surface area (Å²) in [6.45, 7) is 9.10. The van der Waals surface area contributed by atoms with Crippen LogP contribution in [0.4, 0.5) is 5.69 Å². The van der Waals surface area contributed by atoms with Crippen LogP contribution in [0.5, 0.6) is 0 Å². The van der Waals surface area contributed by atoms with Gasteiger partial charge in [-0.3, -0.25) is 9.69 Å². The molecule has 1 fully saturated rings. The molecule has 1 atom stereocenters. The zero-order valence-corrected chi connectivity index (χ0v) is 13.9. The number of anilines is 1. The van der Waals surface area contributed by atoms with E-state index in [1.807, 2.05) is 20.8 Å². The number of aryl methyl sites for hydroxylation is 1. The largest absolute Gasteiger partial charge is 0.392 e. The first-order valence-corrected chi connectivity index (χ1v) is 8.25. The number of nitrogens with one attached hydrogen (secondary N) is 1. The number of benzene rings is 1. The molecule has 0 saturated carbocycles. The minimum Gasteiger partial charge on any atom is -0.392 e. The quantitative estimate of drug-likeness (QED) is 0.849. The van der Waals surface area contributed by atoms with Crippen molar-refractivity contribution in [2.75, 3.05) is 18.4 Å². The van der Waals surface area contributed by atoms with Crippen molar-refractivity contribution in [3.63, 3.8) is 0 Å². The van der Waals surface area contributed by atoms with E-state index in [1.54, 1.807) is 0 Å². The molecule has 1 aromatic rings. The Kier molecular flexibility index (Phi) is 5.98. The first-order valence-electron chi connectivity index (χ1n) is 8.25. The van der Waals surface area contributed by atoms with Gasteiger partial charge in [0.2, 0.25) is 5.91 Å². The summed E-state index contributed by atoms with van der Waals surface area (Å²) in [6.07, 6.45) is 2.12. The zero-order chi connectivity index (χ0) is 16.1. The maximum atomic E-state index is 12.1. The second-order valence-electron chi connectivity index (χ2n) is 6.70. The molecular formula is C18H28N2O2. The minimum atomic E-state index is -0.590. The third kappa shape index (κ3) is 4.82. The highest BCUT2D eigenvalue weighted by Gasteiger charge is 2.16. The van der Waals surface area contributed by atoms with Gasteiger partial charge in [-0.25, -0.2) is 0 Å². The van der Waals surface area contributed by atoms with Crippen LogP contribution in [0.2, 0.25) is 0 Å². The molecule has 2 N–H and O–H groups in total. The second-order valence-corrected chi connectivity index (χ2v) is 6.70. The number of hydrogen-bond acceptors (Lipinski definition) is 3. The van der Waals surface area contributed by atoms with Gasteiger partial charge in [0, 0.05) is 12.2 Å². The Bertz CT molecular complexity index is 508. The van der Waals surface area contributed by atoms with Crippen LogP contribution < -0.4 is 5.32 Å². The molecule has 4 nitrogen and oxygen atoms in total. The Morgan fingerprint density at radius 1 is 1.32 bits per heavy atom. The fourth-order valence-electron chi connectivity index (χ4n) is 2.73. The average Bonchev–Trinajstić information content (AvgIpc) is 2.95. The molecule has 4 heteroatoms. The number of amides is 1. The predicted molar refractivity (Wildman–Crippen MR) is 89.8 cm³/mol. The normalized spacial score (nSPS) is 17.0. The van der Waals surface area contributed by atoms with Crippen LogP contribution in [0.25, 0.3) is 0 Å². The molecule has 1 amide bonds. The summed E-state index contributed by atoms with van der Waals surface area (Å²) in [4.78, 5) is 14.5. The highest BCUT2D eigenvalue weighted by atomic mass is 16.3. The van der Waals surface area contributed by atoms with Gasteiger partial charge in [-0.1, -0.05) is 26.0 Å². The Hall–Kier alpha value is -1.39. The van der Waals surface area contributed by atoms with Gasteiger partial charge in [0.1, 0.15) is 0 Å². The number of aliphatic hydroxyl groups is 1. The first kappa shape index (κ1) is 17.0. The van der Waals surface area contributed by atoms with Crippen molar-refractivity contribution in [2.45, 2.75) is 52.7 Å². The fraction of sp³-hybridized carbons (Fsp3) is 0.611. The molecule has 0 aliphatic carbocycles. The lowest BCUT2D eigenvalue weighted by atomic mass is 10.0. The van der Waals surface area contributed by atoms with E-state index < -0.39 is 6.10 Å². The molecule has 1 aliphatic heterocycles. The van der Waals surface area contributed by atoms with E-state index >= 15 is 0 Å². The molecule has 0 bridgehead atoms. The van der Waals surface area contributed by atoms with Gasteiger partial charge in [0.25, 0.3) is 0 Å². The van der Waals surface area contributed by atoms with Gasteiger partial charge in [0.15, 0.2) is 0 Å². The van der Waals surface area contributed by atoms with Crippen molar-refractivity contribution < 1.29 is 9.90 Å². The lowest BCUT2D eigenvalue weighted by Crippen LogP contribution is -2.24. The first-order chi connectivity index (χ1) is 10.5. The van der Waals surface area contributed by atoms with Crippen LogP contribution >= 0.6 is 0 Å². The van der Waals surface area contributed by atoms with E-state index in [0.717, 1.165) is 30.9 Å². The van der Waals surface area contributed by atoms with Crippen LogP contribution in [0.3, 0.4) is 0 Å². The number of nitrogens with zero attached hydrogens (tertiary/aromatic N) is 1. The second kappa shape index (κ2) is 7.75. The number of likely N-dealkylation sites (tertiary alicyclic amines) is 1. The Labute approximate surface area is 133 Å². The summed E-state index contributed by atoms with van der Waals surface area (Å²) in [5, 5.41) is 12.8. The van der Waals surface area contributed by atoms with Crippen LogP contribution in [0, 0.1) is 12.8 Å². The van der Waals surface area contributed by atoms with Gasteiger partial charge in [0.05, 0.1) is 12.5 Å². The van der Waals surface area contributed by atoms with Crippen LogP contribution in [0.15, 0.2) is 18.2 Å². The summed E-state index contributed by atoms with van der Waals surface area (Å²) >= 11 is 0. The molecule has 1 heterocycles. The highest BCUT2D eigenvalue weighted by Crippen LogP contribution is 2.20. The van der Waals surface area contributed by atoms with E-state index in [-0.39, 0.29) is 18.2 Å². The molecule has 2 rings (SSSR count). The monoisotopic (exact) mass is 304 g/mol. The summed E-state index contributed by atoms with van der Waals surface area (Å²) in [7, 11) is 0. The third-order valence-electron chi connectivity index (χ3n) is 4.35. The molecule has 22 heavy (non-hydrogen) atoms. The van der Waals surface area contributed by atoms with Gasteiger partial charge in [-0.05, 0) is 56.0 Å². The molecular weight excluding hydrogens is 276 g/mol. The minimum absolute atomic E-state index is 0.0911. The van der Waals surface area contributed by atoms with Gasteiger partial charge >= 0.3 is 0 Å². The zero-order valence-electron chi connectivity index (χ0n) is 13.9. The van der Waals surface area contributed by atoms with Crippen LogP contribution in [0.1, 0.15) is 44.2 Å². The van der Waals surface area contributed by atoms with Crippen LogP contribution in [-0.2, 0) is 11.3 Å². The molecule has 0 spiro atoms. The summed E-state index contributed by atoms with van der Waals surface area (Å²) < 4.78 is 0. The molecule has 0 aromatic heterocycles. The summed E-state index contributed by atoms with van der Waals surface area (Å²) in [6, 6.07) is 6.25. The highest BCUT2D eigenvalue weighted by molar-refractivity contribution is 5.91. The topological polar surface area (TPSA) is 52.6 Å². The average molecular weight is 304 g/mol. The molecule has 1 aromatic carbocycles. The Morgan fingerprint density at radius 3 is 2.64 bits per heavy atom. The number of rotatable bonds is 6. The third-order valence-corrected chi connectivity index (χ3v) is 4.35. The lowest BCUT2D eigenvalue weighted by Gasteiger charge is -2.17. The van der Waals surface area contributed by atoms with Gasteiger partial charge < -0.3 is 10.4 Å². The standard InChI is InChI=1S/C18H28N2O2/c1-13(2)17(21)11-18(22)19-16-10-15(7-6-14(16)3)12-20-8-4-5-9-20/h6-7,10,13,17,21H,4-5,8-9,11-12H2,1-3H3,(H,19,22). The Balaban J connectivity index is 1.98. The molecule has 1 unspecified atom stereocenters. The number of carbonyl (C=O) groups is 1. The van der Waals surface area contributed by atoms with E-state index in [9.17, 15) is 9.90 Å². The van der Waals surface area contributed by atoms with E-state index in [0.29, 0.717) is 0 Å². The van der Waals surface area contributed by atoms with Crippen molar-refractivity contribution in [3.8, 4) is 0 Å². The van der Waals surface area contributed by atoms with E-state index in [1.165, 1.54) is 18.4 Å².